The number of halogens is 3. The van der Waals surface area contributed by atoms with Crippen LogP contribution in [0.2, 0.25) is 15.1 Å². The maximum atomic E-state index is 13.5. The number of rotatable bonds is 7. The summed E-state index contributed by atoms with van der Waals surface area (Å²) in [6, 6.07) is 15.4. The predicted molar refractivity (Wildman–Crippen MR) is 129 cm³/mol. The fourth-order valence-corrected chi connectivity index (χ4v) is 4.84. The van der Waals surface area contributed by atoms with Crippen molar-refractivity contribution < 1.29 is 17.9 Å². The van der Waals surface area contributed by atoms with Gasteiger partial charge in [0.2, 0.25) is 5.91 Å². The molecule has 0 saturated heterocycles. The van der Waals surface area contributed by atoms with Crippen LogP contribution in [0, 0.1) is 6.92 Å². The van der Waals surface area contributed by atoms with Crippen LogP contribution < -0.4 is 14.4 Å². The third-order valence-corrected chi connectivity index (χ3v) is 7.08. The van der Waals surface area contributed by atoms with Gasteiger partial charge in [-0.05, 0) is 55.5 Å². The molecule has 0 aliphatic rings. The van der Waals surface area contributed by atoms with Crippen LogP contribution in [-0.2, 0) is 14.8 Å². The van der Waals surface area contributed by atoms with Crippen LogP contribution in [0.15, 0.2) is 65.6 Å². The first kappa shape index (κ1) is 24.2. The molecule has 0 fully saturated rings. The molecule has 0 heterocycles. The highest BCUT2D eigenvalue weighted by Crippen LogP contribution is 2.35. The molecule has 0 unspecified atom stereocenters. The second kappa shape index (κ2) is 10.0. The number of nitrogens with zero attached hydrogens (tertiary/aromatic N) is 1. The van der Waals surface area contributed by atoms with Crippen LogP contribution in [0.1, 0.15) is 5.56 Å². The Morgan fingerprint density at radius 2 is 1.59 bits per heavy atom. The van der Waals surface area contributed by atoms with Gasteiger partial charge < -0.3 is 10.1 Å². The lowest BCUT2D eigenvalue weighted by atomic mass is 10.2. The number of carbonyl (C=O) groups is 1. The van der Waals surface area contributed by atoms with Gasteiger partial charge in [-0.3, -0.25) is 9.10 Å². The Morgan fingerprint density at radius 1 is 0.969 bits per heavy atom. The maximum absolute atomic E-state index is 13.5. The molecule has 0 atom stereocenters. The van der Waals surface area contributed by atoms with E-state index in [1.54, 1.807) is 24.3 Å². The SMILES string of the molecule is COc1ccc(Cl)cc1N(CC(=O)Nc1cc(Cl)ccc1Cl)S(=O)(=O)c1ccc(C)cc1. The van der Waals surface area contributed by atoms with E-state index in [0.717, 1.165) is 9.87 Å². The van der Waals surface area contributed by atoms with E-state index in [4.69, 9.17) is 39.5 Å². The summed E-state index contributed by atoms with van der Waals surface area (Å²) in [4.78, 5) is 12.9. The number of nitrogens with one attached hydrogen (secondary N) is 1. The Kier molecular flexibility index (Phi) is 7.56. The van der Waals surface area contributed by atoms with Crippen LogP contribution in [-0.4, -0.2) is 28.0 Å². The van der Waals surface area contributed by atoms with Crippen LogP contribution in [0.5, 0.6) is 5.75 Å². The second-order valence-corrected chi connectivity index (χ2v) is 9.96. The fourth-order valence-electron chi connectivity index (χ4n) is 2.91. The zero-order valence-corrected chi connectivity index (χ0v) is 20.2. The molecular formula is C22H19Cl3N2O4S. The minimum atomic E-state index is -4.15. The minimum absolute atomic E-state index is 0.0127. The number of anilines is 2. The van der Waals surface area contributed by atoms with Gasteiger partial charge >= 0.3 is 0 Å². The van der Waals surface area contributed by atoms with Gasteiger partial charge in [0.25, 0.3) is 10.0 Å². The molecule has 32 heavy (non-hydrogen) atoms. The summed E-state index contributed by atoms with van der Waals surface area (Å²) in [5, 5.41) is 3.51. The number of benzene rings is 3. The highest BCUT2D eigenvalue weighted by Gasteiger charge is 2.30. The zero-order chi connectivity index (χ0) is 23.5. The first-order valence-electron chi connectivity index (χ1n) is 9.29. The van der Waals surface area contributed by atoms with Gasteiger partial charge in [-0.25, -0.2) is 8.42 Å². The van der Waals surface area contributed by atoms with E-state index in [1.165, 1.54) is 43.5 Å². The highest BCUT2D eigenvalue weighted by molar-refractivity contribution is 7.92. The molecule has 3 rings (SSSR count). The summed E-state index contributed by atoms with van der Waals surface area (Å²) in [6.07, 6.45) is 0. The van der Waals surface area contributed by atoms with Gasteiger partial charge in [0.05, 0.1) is 28.4 Å². The molecule has 3 aromatic rings. The number of ether oxygens (including phenoxy) is 1. The number of aryl methyl sites for hydroxylation is 1. The summed E-state index contributed by atoms with van der Waals surface area (Å²) in [6.45, 7) is 1.28. The van der Waals surface area contributed by atoms with Crippen molar-refractivity contribution in [1.29, 1.82) is 0 Å². The van der Waals surface area contributed by atoms with Crippen molar-refractivity contribution in [3.63, 3.8) is 0 Å². The molecule has 0 aromatic heterocycles. The summed E-state index contributed by atoms with van der Waals surface area (Å²) < 4.78 is 33.3. The van der Waals surface area contributed by atoms with Gasteiger partial charge in [-0.2, -0.15) is 0 Å². The predicted octanol–water partition coefficient (Wildman–Crippen LogP) is 5.80. The van der Waals surface area contributed by atoms with E-state index in [0.29, 0.717) is 5.02 Å². The fraction of sp³-hybridized carbons (Fsp3) is 0.136. The van der Waals surface area contributed by atoms with E-state index in [-0.39, 0.29) is 32.1 Å². The first-order valence-corrected chi connectivity index (χ1v) is 11.9. The van der Waals surface area contributed by atoms with Crippen molar-refractivity contribution in [2.45, 2.75) is 11.8 Å². The third kappa shape index (κ3) is 5.48. The van der Waals surface area contributed by atoms with Crippen molar-refractivity contribution in [2.75, 3.05) is 23.3 Å². The first-order chi connectivity index (χ1) is 15.1. The van der Waals surface area contributed by atoms with Crippen molar-refractivity contribution >= 4 is 62.1 Å². The standard InChI is InChI=1S/C22H19Cl3N2O4S/c1-14-3-7-17(8-4-14)32(29,30)27(20-12-16(24)6-10-21(20)31-2)13-22(28)26-19-11-15(23)5-9-18(19)25/h3-12H,13H2,1-2H3,(H,26,28). The molecule has 1 N–H and O–H groups in total. The number of carbonyl (C=O) groups excluding carboxylic acids is 1. The molecule has 0 spiro atoms. The Labute approximate surface area is 201 Å². The lowest BCUT2D eigenvalue weighted by Gasteiger charge is -2.26. The Balaban J connectivity index is 2.05. The average Bonchev–Trinajstić information content (AvgIpc) is 2.75. The van der Waals surface area contributed by atoms with Gasteiger partial charge in [0.15, 0.2) is 0 Å². The number of amides is 1. The zero-order valence-electron chi connectivity index (χ0n) is 17.1. The monoisotopic (exact) mass is 512 g/mol. The number of sulfonamides is 1. The number of methoxy groups -OCH3 is 1. The van der Waals surface area contributed by atoms with Gasteiger partial charge in [-0.15, -0.1) is 0 Å². The molecule has 3 aromatic carbocycles. The topological polar surface area (TPSA) is 75.7 Å². The molecule has 0 aliphatic carbocycles. The maximum Gasteiger partial charge on any atom is 0.264 e. The molecule has 0 radical (unpaired) electrons. The van der Waals surface area contributed by atoms with Crippen LogP contribution in [0.3, 0.4) is 0 Å². The van der Waals surface area contributed by atoms with E-state index in [9.17, 15) is 13.2 Å². The van der Waals surface area contributed by atoms with Crippen molar-refractivity contribution in [1.82, 2.24) is 0 Å². The van der Waals surface area contributed by atoms with E-state index in [2.05, 4.69) is 5.32 Å². The number of hydrogen-bond acceptors (Lipinski definition) is 4. The van der Waals surface area contributed by atoms with Crippen molar-refractivity contribution in [3.8, 4) is 5.75 Å². The Bertz CT molecular complexity index is 1250. The second-order valence-electron chi connectivity index (χ2n) is 6.81. The van der Waals surface area contributed by atoms with E-state index < -0.39 is 22.5 Å². The van der Waals surface area contributed by atoms with Gasteiger partial charge in [0.1, 0.15) is 12.3 Å². The van der Waals surface area contributed by atoms with Crippen LogP contribution >= 0.6 is 34.8 Å². The van der Waals surface area contributed by atoms with Crippen molar-refractivity contribution in [2.24, 2.45) is 0 Å². The van der Waals surface area contributed by atoms with Crippen molar-refractivity contribution in [3.05, 3.63) is 81.3 Å². The average molecular weight is 514 g/mol. The lowest BCUT2D eigenvalue weighted by Crippen LogP contribution is -2.38. The smallest absolute Gasteiger partial charge is 0.264 e. The van der Waals surface area contributed by atoms with E-state index >= 15 is 0 Å². The summed E-state index contributed by atoms with van der Waals surface area (Å²) in [7, 11) is -2.75. The number of hydrogen-bond donors (Lipinski definition) is 1. The highest BCUT2D eigenvalue weighted by atomic mass is 35.5. The molecule has 1 amide bonds. The van der Waals surface area contributed by atoms with Gasteiger partial charge in [-0.1, -0.05) is 52.5 Å². The molecule has 0 saturated carbocycles. The molecular weight excluding hydrogens is 495 g/mol. The molecule has 6 nitrogen and oxygen atoms in total. The van der Waals surface area contributed by atoms with Gasteiger partial charge in [0, 0.05) is 10.0 Å². The molecule has 0 aliphatic heterocycles. The Morgan fingerprint density at radius 3 is 2.25 bits per heavy atom. The Hall–Kier alpha value is -2.45. The van der Waals surface area contributed by atoms with Crippen LogP contribution in [0.4, 0.5) is 11.4 Å². The quantitative estimate of drug-likeness (QED) is 0.433. The molecule has 0 bridgehead atoms. The third-order valence-electron chi connectivity index (χ3n) is 4.51. The minimum Gasteiger partial charge on any atom is -0.495 e. The summed E-state index contributed by atoms with van der Waals surface area (Å²) in [5.41, 5.74) is 1.27. The normalized spacial score (nSPS) is 11.2. The lowest BCUT2D eigenvalue weighted by molar-refractivity contribution is -0.114. The largest absolute Gasteiger partial charge is 0.495 e. The molecule has 168 valence electrons. The molecule has 10 heteroatoms. The summed E-state index contributed by atoms with van der Waals surface area (Å²) >= 11 is 18.2. The van der Waals surface area contributed by atoms with Crippen LogP contribution in [0.25, 0.3) is 0 Å². The van der Waals surface area contributed by atoms with E-state index in [1.807, 2.05) is 6.92 Å². The summed E-state index contributed by atoms with van der Waals surface area (Å²) in [5.74, 6) is -0.398.